The fourth-order valence-electron chi connectivity index (χ4n) is 3.43. The van der Waals surface area contributed by atoms with Crippen LogP contribution in [0.2, 0.25) is 0 Å². The number of rotatable bonds is 2. The predicted molar refractivity (Wildman–Crippen MR) is 85.4 cm³/mol. The summed E-state index contributed by atoms with van der Waals surface area (Å²) in [6.45, 7) is 1.92. The molecule has 0 amide bonds. The topological polar surface area (TPSA) is 52.7 Å². The molecule has 2 aromatic heterocycles. The summed E-state index contributed by atoms with van der Waals surface area (Å²) in [5, 5.41) is 4.97. The molecule has 4 rings (SSSR count). The van der Waals surface area contributed by atoms with Crippen molar-refractivity contribution >= 4 is 11.0 Å². The zero-order chi connectivity index (χ0) is 15.1. The lowest BCUT2D eigenvalue weighted by Gasteiger charge is -2.16. The molecule has 0 saturated heterocycles. The van der Waals surface area contributed by atoms with Gasteiger partial charge in [0.2, 0.25) is 0 Å². The van der Waals surface area contributed by atoms with E-state index in [4.69, 9.17) is 0 Å². The van der Waals surface area contributed by atoms with Gasteiger partial charge < -0.3 is 0 Å². The molecule has 0 N–H and O–H groups in total. The van der Waals surface area contributed by atoms with Gasteiger partial charge in [0.1, 0.15) is 11.2 Å². The molecular weight excluding hydrogens is 276 g/mol. The van der Waals surface area contributed by atoms with E-state index in [2.05, 4.69) is 10.1 Å². The van der Waals surface area contributed by atoms with Gasteiger partial charge in [0.05, 0.1) is 11.9 Å². The highest BCUT2D eigenvalue weighted by Gasteiger charge is 2.22. The Kier molecular flexibility index (Phi) is 3.06. The van der Waals surface area contributed by atoms with E-state index >= 15 is 0 Å². The number of aryl methyl sites for hydroxylation is 1. The Morgan fingerprint density at radius 3 is 2.59 bits per heavy atom. The SMILES string of the molecule is Cc1nc2c(cnn2-c2ccccc2)c(=O)n1C1CCCC1. The van der Waals surface area contributed by atoms with E-state index in [-0.39, 0.29) is 5.56 Å². The highest BCUT2D eigenvalue weighted by atomic mass is 16.1. The van der Waals surface area contributed by atoms with E-state index in [1.54, 1.807) is 10.9 Å². The molecule has 1 aliphatic rings. The first-order valence-electron chi connectivity index (χ1n) is 7.78. The first-order valence-corrected chi connectivity index (χ1v) is 7.78. The largest absolute Gasteiger partial charge is 0.293 e. The van der Waals surface area contributed by atoms with Crippen LogP contribution in [-0.4, -0.2) is 19.3 Å². The summed E-state index contributed by atoms with van der Waals surface area (Å²) < 4.78 is 3.61. The number of nitrogens with zero attached hydrogens (tertiary/aromatic N) is 4. The van der Waals surface area contributed by atoms with Crippen LogP contribution < -0.4 is 5.56 Å². The summed E-state index contributed by atoms with van der Waals surface area (Å²) in [6, 6.07) is 10.1. The fourth-order valence-corrected chi connectivity index (χ4v) is 3.43. The molecule has 112 valence electrons. The molecule has 0 unspecified atom stereocenters. The van der Waals surface area contributed by atoms with Crippen LogP contribution in [0.3, 0.4) is 0 Å². The Balaban J connectivity index is 1.93. The second-order valence-electron chi connectivity index (χ2n) is 5.90. The lowest BCUT2D eigenvalue weighted by molar-refractivity contribution is 0.485. The summed E-state index contributed by atoms with van der Waals surface area (Å²) in [5.41, 5.74) is 1.60. The van der Waals surface area contributed by atoms with Crippen molar-refractivity contribution in [1.29, 1.82) is 0 Å². The molecular formula is C17H18N4O. The Bertz CT molecular complexity index is 873. The minimum atomic E-state index is 0.0385. The maximum Gasteiger partial charge on any atom is 0.264 e. The van der Waals surface area contributed by atoms with Crippen molar-refractivity contribution in [2.24, 2.45) is 0 Å². The molecule has 1 fully saturated rings. The standard InChI is InChI=1S/C17H18N4O/c1-12-19-16-15(17(22)20(12)13-7-5-6-8-13)11-18-21(16)14-9-3-2-4-10-14/h2-4,9-11,13H,5-8H2,1H3. The third-order valence-corrected chi connectivity index (χ3v) is 4.50. The first-order chi connectivity index (χ1) is 10.8. The average Bonchev–Trinajstić information content (AvgIpc) is 3.18. The zero-order valence-corrected chi connectivity index (χ0v) is 12.6. The van der Waals surface area contributed by atoms with Gasteiger partial charge in [-0.3, -0.25) is 9.36 Å². The minimum Gasteiger partial charge on any atom is -0.293 e. The predicted octanol–water partition coefficient (Wildman–Crippen LogP) is 3.01. The van der Waals surface area contributed by atoms with Crippen molar-refractivity contribution in [2.75, 3.05) is 0 Å². The molecule has 22 heavy (non-hydrogen) atoms. The van der Waals surface area contributed by atoms with Crippen LogP contribution in [0.5, 0.6) is 0 Å². The van der Waals surface area contributed by atoms with Crippen LogP contribution in [0.4, 0.5) is 0 Å². The lowest BCUT2D eigenvalue weighted by Crippen LogP contribution is -2.26. The number of hydrogen-bond donors (Lipinski definition) is 0. The molecule has 3 aromatic rings. The third kappa shape index (κ3) is 1.96. The lowest BCUT2D eigenvalue weighted by atomic mass is 10.2. The number of benzene rings is 1. The van der Waals surface area contributed by atoms with Gasteiger partial charge in [-0.15, -0.1) is 0 Å². The number of aromatic nitrogens is 4. The normalized spacial score (nSPS) is 15.7. The summed E-state index contributed by atoms with van der Waals surface area (Å²) in [4.78, 5) is 17.5. The molecule has 0 atom stereocenters. The number of para-hydroxylation sites is 1. The molecule has 1 saturated carbocycles. The van der Waals surface area contributed by atoms with Crippen LogP contribution in [0, 0.1) is 6.92 Å². The van der Waals surface area contributed by atoms with E-state index in [0.29, 0.717) is 17.1 Å². The van der Waals surface area contributed by atoms with Gasteiger partial charge in [0, 0.05) is 6.04 Å². The van der Waals surface area contributed by atoms with E-state index in [0.717, 1.165) is 24.4 Å². The highest BCUT2D eigenvalue weighted by Crippen LogP contribution is 2.29. The second kappa shape index (κ2) is 5.09. The van der Waals surface area contributed by atoms with Gasteiger partial charge in [-0.05, 0) is 31.9 Å². The molecule has 1 aromatic carbocycles. The zero-order valence-electron chi connectivity index (χ0n) is 12.6. The van der Waals surface area contributed by atoms with Gasteiger partial charge in [-0.1, -0.05) is 31.0 Å². The van der Waals surface area contributed by atoms with Crippen LogP contribution in [0.15, 0.2) is 41.3 Å². The Hall–Kier alpha value is -2.43. The third-order valence-electron chi connectivity index (χ3n) is 4.50. The second-order valence-corrected chi connectivity index (χ2v) is 5.90. The van der Waals surface area contributed by atoms with Crippen LogP contribution in [0.1, 0.15) is 37.5 Å². The number of fused-ring (bicyclic) bond motifs is 1. The molecule has 0 radical (unpaired) electrons. The van der Waals surface area contributed by atoms with Crippen molar-refractivity contribution in [3.63, 3.8) is 0 Å². The Morgan fingerprint density at radius 2 is 1.86 bits per heavy atom. The van der Waals surface area contributed by atoms with Crippen LogP contribution in [0.25, 0.3) is 16.7 Å². The van der Waals surface area contributed by atoms with Crippen molar-refractivity contribution in [1.82, 2.24) is 19.3 Å². The highest BCUT2D eigenvalue weighted by molar-refractivity contribution is 5.75. The molecule has 2 heterocycles. The van der Waals surface area contributed by atoms with Gasteiger partial charge in [0.25, 0.3) is 5.56 Å². The smallest absolute Gasteiger partial charge is 0.264 e. The molecule has 1 aliphatic carbocycles. The summed E-state index contributed by atoms with van der Waals surface area (Å²) >= 11 is 0. The van der Waals surface area contributed by atoms with Gasteiger partial charge in [0.15, 0.2) is 5.65 Å². The minimum absolute atomic E-state index is 0.0385. The fraction of sp³-hybridized carbons (Fsp3) is 0.353. The number of hydrogen-bond acceptors (Lipinski definition) is 3. The van der Waals surface area contributed by atoms with E-state index in [9.17, 15) is 4.79 Å². The van der Waals surface area contributed by atoms with Crippen molar-refractivity contribution < 1.29 is 0 Å². The Morgan fingerprint density at radius 1 is 1.14 bits per heavy atom. The van der Waals surface area contributed by atoms with E-state index in [1.807, 2.05) is 41.8 Å². The van der Waals surface area contributed by atoms with Crippen molar-refractivity contribution in [3.8, 4) is 5.69 Å². The first kappa shape index (κ1) is 13.2. The van der Waals surface area contributed by atoms with Crippen LogP contribution in [-0.2, 0) is 0 Å². The molecule has 0 spiro atoms. The van der Waals surface area contributed by atoms with Gasteiger partial charge >= 0.3 is 0 Å². The van der Waals surface area contributed by atoms with Gasteiger partial charge in [-0.2, -0.15) is 5.10 Å². The maximum atomic E-state index is 12.9. The monoisotopic (exact) mass is 294 g/mol. The molecule has 5 heteroatoms. The van der Waals surface area contributed by atoms with Gasteiger partial charge in [-0.25, -0.2) is 9.67 Å². The summed E-state index contributed by atoms with van der Waals surface area (Å²) in [6.07, 6.45) is 6.17. The quantitative estimate of drug-likeness (QED) is 0.730. The maximum absolute atomic E-state index is 12.9. The Labute approximate surface area is 128 Å². The van der Waals surface area contributed by atoms with Crippen molar-refractivity contribution in [2.45, 2.75) is 38.6 Å². The van der Waals surface area contributed by atoms with E-state index < -0.39 is 0 Å². The van der Waals surface area contributed by atoms with Crippen LogP contribution >= 0.6 is 0 Å². The van der Waals surface area contributed by atoms with Crippen molar-refractivity contribution in [3.05, 3.63) is 52.7 Å². The molecule has 5 nitrogen and oxygen atoms in total. The van der Waals surface area contributed by atoms with E-state index in [1.165, 1.54) is 12.8 Å². The molecule has 0 bridgehead atoms. The average molecular weight is 294 g/mol. The molecule has 0 aliphatic heterocycles. The summed E-state index contributed by atoms with van der Waals surface area (Å²) in [7, 11) is 0. The summed E-state index contributed by atoms with van der Waals surface area (Å²) in [5.74, 6) is 0.780.